The van der Waals surface area contributed by atoms with Gasteiger partial charge in [0.1, 0.15) is 0 Å². The quantitative estimate of drug-likeness (QED) is 0.679. The number of hydrazone groups is 1. The van der Waals surface area contributed by atoms with Gasteiger partial charge in [-0.25, -0.2) is 5.43 Å². The van der Waals surface area contributed by atoms with Crippen LogP contribution in [0.2, 0.25) is 5.02 Å². The highest BCUT2D eigenvalue weighted by molar-refractivity contribution is 6.33. The number of aromatic nitrogens is 1. The molecule has 1 heterocycles. The van der Waals surface area contributed by atoms with Crippen molar-refractivity contribution in [2.75, 3.05) is 14.2 Å². The molecule has 1 aromatic carbocycles. The summed E-state index contributed by atoms with van der Waals surface area (Å²) >= 11 is 6.12. The van der Waals surface area contributed by atoms with Crippen molar-refractivity contribution in [1.29, 1.82) is 0 Å². The van der Waals surface area contributed by atoms with E-state index >= 15 is 0 Å². The zero-order valence-corrected chi connectivity index (χ0v) is 12.8. The maximum atomic E-state index is 11.8. The number of carbonyl (C=O) groups is 1. The highest BCUT2D eigenvalue weighted by atomic mass is 35.5. The van der Waals surface area contributed by atoms with Gasteiger partial charge < -0.3 is 9.47 Å². The molecule has 1 aromatic heterocycles. The second-order valence-corrected chi connectivity index (χ2v) is 4.58. The van der Waals surface area contributed by atoms with E-state index in [2.05, 4.69) is 15.5 Å². The molecule has 0 bridgehead atoms. The van der Waals surface area contributed by atoms with Gasteiger partial charge in [-0.3, -0.25) is 9.78 Å². The van der Waals surface area contributed by atoms with Crippen LogP contribution < -0.4 is 14.9 Å². The van der Waals surface area contributed by atoms with E-state index in [1.165, 1.54) is 26.6 Å². The molecule has 0 spiro atoms. The fourth-order valence-corrected chi connectivity index (χ4v) is 1.89. The third-order valence-electron chi connectivity index (χ3n) is 2.80. The first-order valence-corrected chi connectivity index (χ1v) is 6.68. The summed E-state index contributed by atoms with van der Waals surface area (Å²) in [5.41, 5.74) is 3.40. The molecule has 0 saturated carbocycles. The van der Waals surface area contributed by atoms with Crippen molar-refractivity contribution in [3.63, 3.8) is 0 Å². The van der Waals surface area contributed by atoms with Crippen molar-refractivity contribution >= 4 is 23.7 Å². The Morgan fingerprint density at radius 2 is 2.05 bits per heavy atom. The van der Waals surface area contributed by atoms with E-state index in [0.29, 0.717) is 27.6 Å². The molecule has 0 fully saturated rings. The molecule has 0 saturated heterocycles. The second kappa shape index (κ2) is 7.42. The summed E-state index contributed by atoms with van der Waals surface area (Å²) in [7, 11) is 3.05. The second-order valence-electron chi connectivity index (χ2n) is 4.17. The first-order valence-electron chi connectivity index (χ1n) is 6.30. The highest BCUT2D eigenvalue weighted by Crippen LogP contribution is 2.32. The molecule has 0 aliphatic heterocycles. The van der Waals surface area contributed by atoms with Crippen LogP contribution in [-0.4, -0.2) is 31.3 Å². The summed E-state index contributed by atoms with van der Waals surface area (Å²) in [6, 6.07) is 6.59. The first kappa shape index (κ1) is 15.8. The van der Waals surface area contributed by atoms with Crippen molar-refractivity contribution in [2.24, 2.45) is 5.10 Å². The zero-order chi connectivity index (χ0) is 15.9. The molecule has 114 valence electrons. The number of benzene rings is 1. The Bertz CT molecular complexity index is 690. The van der Waals surface area contributed by atoms with Crippen LogP contribution in [-0.2, 0) is 0 Å². The van der Waals surface area contributed by atoms with Crippen molar-refractivity contribution in [1.82, 2.24) is 10.4 Å². The van der Waals surface area contributed by atoms with Crippen molar-refractivity contribution < 1.29 is 14.3 Å². The maximum absolute atomic E-state index is 11.8. The van der Waals surface area contributed by atoms with E-state index in [0.717, 1.165) is 0 Å². The Hall–Kier alpha value is -2.60. The fraction of sp³-hybridized carbons (Fsp3) is 0.133. The van der Waals surface area contributed by atoms with Crippen molar-refractivity contribution in [3.05, 3.63) is 52.8 Å². The Kier molecular flexibility index (Phi) is 5.32. The lowest BCUT2D eigenvalue weighted by Crippen LogP contribution is -2.17. The summed E-state index contributed by atoms with van der Waals surface area (Å²) in [4.78, 5) is 15.7. The zero-order valence-electron chi connectivity index (χ0n) is 12.0. The smallest absolute Gasteiger partial charge is 0.272 e. The molecule has 0 radical (unpaired) electrons. The van der Waals surface area contributed by atoms with Gasteiger partial charge in [-0.05, 0) is 18.2 Å². The van der Waals surface area contributed by atoms with E-state index in [-0.39, 0.29) is 5.91 Å². The minimum absolute atomic E-state index is 0.360. The lowest BCUT2D eigenvalue weighted by atomic mass is 10.2. The monoisotopic (exact) mass is 319 g/mol. The normalized spacial score (nSPS) is 10.5. The van der Waals surface area contributed by atoms with E-state index in [1.807, 2.05) is 0 Å². The molecule has 1 N–H and O–H groups in total. The molecule has 22 heavy (non-hydrogen) atoms. The molecule has 1 amide bonds. The van der Waals surface area contributed by atoms with Gasteiger partial charge in [0, 0.05) is 24.0 Å². The fourth-order valence-electron chi connectivity index (χ4n) is 1.69. The SMILES string of the molecule is COc1cc(Cl)c(/C=N\NC(=O)c2cccnc2)cc1OC. The summed E-state index contributed by atoms with van der Waals surface area (Å²) in [6.45, 7) is 0. The average Bonchev–Trinajstić information content (AvgIpc) is 2.56. The minimum Gasteiger partial charge on any atom is -0.493 e. The molecule has 0 atom stereocenters. The molecular formula is C15H14ClN3O3. The van der Waals surface area contributed by atoms with Crippen molar-refractivity contribution in [3.8, 4) is 11.5 Å². The topological polar surface area (TPSA) is 72.8 Å². The Morgan fingerprint density at radius 1 is 1.32 bits per heavy atom. The van der Waals surface area contributed by atoms with Crippen LogP contribution in [0.25, 0.3) is 0 Å². The van der Waals surface area contributed by atoms with Gasteiger partial charge in [0.15, 0.2) is 11.5 Å². The van der Waals surface area contributed by atoms with E-state index in [9.17, 15) is 4.79 Å². The number of nitrogens with zero attached hydrogens (tertiary/aromatic N) is 2. The summed E-state index contributed by atoms with van der Waals surface area (Å²) in [6.07, 6.45) is 4.47. The molecule has 2 rings (SSSR count). The van der Waals surface area contributed by atoms with Gasteiger partial charge in [-0.2, -0.15) is 5.10 Å². The van der Waals surface area contributed by atoms with Gasteiger partial charge in [-0.1, -0.05) is 11.6 Å². The maximum Gasteiger partial charge on any atom is 0.272 e. The van der Waals surface area contributed by atoms with E-state index < -0.39 is 0 Å². The molecule has 7 heteroatoms. The van der Waals surface area contributed by atoms with Crippen LogP contribution in [0, 0.1) is 0 Å². The number of amides is 1. The Labute approximate surface area is 132 Å². The van der Waals surface area contributed by atoms with Crippen LogP contribution in [0.3, 0.4) is 0 Å². The van der Waals surface area contributed by atoms with E-state index in [4.69, 9.17) is 21.1 Å². The largest absolute Gasteiger partial charge is 0.493 e. The lowest BCUT2D eigenvalue weighted by molar-refractivity contribution is 0.0955. The Morgan fingerprint density at radius 3 is 2.68 bits per heavy atom. The van der Waals surface area contributed by atoms with E-state index in [1.54, 1.807) is 30.5 Å². The molecule has 6 nitrogen and oxygen atoms in total. The van der Waals surface area contributed by atoms with Crippen LogP contribution in [0.15, 0.2) is 41.8 Å². The molecular weight excluding hydrogens is 306 g/mol. The number of halogens is 1. The number of methoxy groups -OCH3 is 2. The molecule has 0 unspecified atom stereocenters. The third kappa shape index (κ3) is 3.73. The number of carbonyl (C=O) groups excluding carboxylic acids is 1. The van der Waals surface area contributed by atoms with Gasteiger partial charge in [0.2, 0.25) is 0 Å². The number of ether oxygens (including phenoxy) is 2. The number of rotatable bonds is 5. The number of hydrogen-bond acceptors (Lipinski definition) is 5. The minimum atomic E-state index is -0.360. The standard InChI is InChI=1S/C15H14ClN3O3/c1-21-13-6-11(12(16)7-14(13)22-2)9-18-19-15(20)10-4-3-5-17-8-10/h3-9H,1-2H3,(H,19,20)/b18-9-. The van der Waals surface area contributed by atoms with Gasteiger partial charge in [0.05, 0.1) is 31.0 Å². The molecule has 2 aromatic rings. The third-order valence-corrected chi connectivity index (χ3v) is 3.12. The van der Waals surface area contributed by atoms with Crippen molar-refractivity contribution in [2.45, 2.75) is 0 Å². The van der Waals surface area contributed by atoms with Crippen LogP contribution in [0.1, 0.15) is 15.9 Å². The average molecular weight is 320 g/mol. The number of hydrogen-bond donors (Lipinski definition) is 1. The van der Waals surface area contributed by atoms with Gasteiger partial charge in [0.25, 0.3) is 5.91 Å². The predicted octanol–water partition coefficient (Wildman–Crippen LogP) is 2.52. The predicted molar refractivity (Wildman–Crippen MR) is 83.9 cm³/mol. The van der Waals surface area contributed by atoms with Crippen LogP contribution >= 0.6 is 11.6 Å². The van der Waals surface area contributed by atoms with Gasteiger partial charge in [-0.15, -0.1) is 0 Å². The summed E-state index contributed by atoms with van der Waals surface area (Å²) in [5, 5.41) is 4.30. The highest BCUT2D eigenvalue weighted by Gasteiger charge is 2.09. The summed E-state index contributed by atoms with van der Waals surface area (Å²) < 4.78 is 10.3. The number of nitrogens with one attached hydrogen (secondary N) is 1. The number of pyridine rings is 1. The van der Waals surface area contributed by atoms with Crippen LogP contribution in [0.4, 0.5) is 0 Å². The van der Waals surface area contributed by atoms with Gasteiger partial charge >= 0.3 is 0 Å². The lowest BCUT2D eigenvalue weighted by Gasteiger charge is -2.09. The molecule has 0 aliphatic rings. The Balaban J connectivity index is 2.12. The summed E-state index contributed by atoms with van der Waals surface area (Å²) in [5.74, 6) is 0.678. The first-order chi connectivity index (χ1) is 10.7. The molecule has 0 aliphatic carbocycles. The van der Waals surface area contributed by atoms with Crippen LogP contribution in [0.5, 0.6) is 11.5 Å².